The number of carbonyl (C=O) groups is 1. The van der Waals surface area contributed by atoms with Crippen molar-refractivity contribution >= 4 is 5.91 Å². The zero-order valence-corrected chi connectivity index (χ0v) is 46.8. The van der Waals surface area contributed by atoms with Crippen LogP contribution >= 0.6 is 0 Å². The molecule has 3 aliphatic rings. The van der Waals surface area contributed by atoms with Crippen molar-refractivity contribution in [3.8, 4) is 0 Å². The largest absolute Gasteiger partial charge is 0.394 e. The first kappa shape index (κ1) is 69.1. The van der Waals surface area contributed by atoms with Gasteiger partial charge in [-0.05, 0) is 12.8 Å². The van der Waals surface area contributed by atoms with E-state index in [1.54, 1.807) is 0 Å². The first-order valence-corrected chi connectivity index (χ1v) is 30.3. The smallest absolute Gasteiger partial charge is 0.220 e. The molecule has 0 bridgehead atoms. The number of ether oxygens (including phenoxy) is 6. The van der Waals surface area contributed by atoms with Crippen molar-refractivity contribution < 1.29 is 89.4 Å². The van der Waals surface area contributed by atoms with Crippen LogP contribution in [-0.2, 0) is 33.2 Å². The average molecular weight is 1100 g/mol. The molecule has 0 aliphatic carbocycles. The van der Waals surface area contributed by atoms with E-state index in [-0.39, 0.29) is 18.9 Å². The molecule has 19 heteroatoms. The lowest BCUT2D eigenvalue weighted by molar-refractivity contribution is -0.379. The number of amides is 1. The van der Waals surface area contributed by atoms with Crippen molar-refractivity contribution in [3.05, 3.63) is 0 Å². The second-order valence-corrected chi connectivity index (χ2v) is 22.2. The number of aliphatic hydroxyl groups is 11. The van der Waals surface area contributed by atoms with E-state index in [9.17, 15) is 61.0 Å². The maximum atomic E-state index is 13.3. The minimum Gasteiger partial charge on any atom is -0.394 e. The molecule has 450 valence electrons. The summed E-state index contributed by atoms with van der Waals surface area (Å²) >= 11 is 0. The molecule has 19 nitrogen and oxygen atoms in total. The zero-order valence-electron chi connectivity index (χ0n) is 46.8. The van der Waals surface area contributed by atoms with Crippen LogP contribution in [0.25, 0.3) is 0 Å². The van der Waals surface area contributed by atoms with E-state index >= 15 is 0 Å². The standard InChI is InChI=1S/C57H109NO18/c1-3-5-7-9-11-13-15-17-18-19-20-21-22-23-25-27-29-31-33-35-45(63)58-40(41(62)34-32-30-28-26-24-16-14-12-10-8-6-4-2)39-71-55-51(69)48(66)53(43(37-60)73-55)76-57-52(70)49(67)54(44(38-61)74-57)75-56-50(68)47(65)46(64)42(36-59)72-56/h40-44,46-57,59-62,64-70H,3-39H2,1-2H3,(H,58,63). The molecule has 0 aromatic carbocycles. The molecule has 0 aromatic rings. The van der Waals surface area contributed by atoms with E-state index < -0.39 is 124 Å². The summed E-state index contributed by atoms with van der Waals surface area (Å²) in [6.45, 7) is 1.80. The Morgan fingerprint density at radius 3 is 1.14 bits per heavy atom. The number of nitrogens with one attached hydrogen (secondary N) is 1. The van der Waals surface area contributed by atoms with Crippen LogP contribution in [0.2, 0.25) is 0 Å². The Labute approximate surface area is 455 Å². The van der Waals surface area contributed by atoms with Gasteiger partial charge in [0.15, 0.2) is 18.9 Å². The molecule has 12 N–H and O–H groups in total. The molecule has 0 aromatic heterocycles. The molecule has 0 spiro atoms. The van der Waals surface area contributed by atoms with Crippen LogP contribution in [0.5, 0.6) is 0 Å². The molecular weight excluding hydrogens is 987 g/mol. The Bertz CT molecular complexity index is 1400. The Morgan fingerprint density at radius 1 is 0.421 bits per heavy atom. The number of carbonyl (C=O) groups excluding carboxylic acids is 1. The SMILES string of the molecule is CCCCCCCCCCCCCCCCCCCCCC(=O)NC(COC1OC(CO)C(OC2OC(CO)C(OC3OC(CO)C(O)C(O)C3O)C(O)C2O)C(O)C1O)C(O)CCCCCCCCCCCCCC. The predicted octanol–water partition coefficient (Wildman–Crippen LogP) is 5.21. The number of aliphatic hydroxyl groups excluding tert-OH is 11. The average Bonchev–Trinajstić information content (AvgIpc) is 3.42. The number of unbranched alkanes of at least 4 members (excludes halogenated alkanes) is 29. The molecule has 3 saturated heterocycles. The highest BCUT2D eigenvalue weighted by atomic mass is 16.8. The van der Waals surface area contributed by atoms with Crippen LogP contribution in [0.1, 0.15) is 226 Å². The molecule has 0 radical (unpaired) electrons. The third-order valence-corrected chi connectivity index (χ3v) is 15.7. The van der Waals surface area contributed by atoms with E-state index in [0.29, 0.717) is 12.8 Å². The molecule has 1 amide bonds. The van der Waals surface area contributed by atoms with E-state index in [0.717, 1.165) is 44.9 Å². The number of hydrogen-bond donors (Lipinski definition) is 12. The second-order valence-electron chi connectivity index (χ2n) is 22.2. The Morgan fingerprint density at radius 2 is 0.750 bits per heavy atom. The molecule has 76 heavy (non-hydrogen) atoms. The van der Waals surface area contributed by atoms with E-state index in [4.69, 9.17) is 28.4 Å². The maximum Gasteiger partial charge on any atom is 0.220 e. The van der Waals surface area contributed by atoms with Gasteiger partial charge in [-0.25, -0.2) is 0 Å². The fourth-order valence-corrected chi connectivity index (χ4v) is 10.7. The van der Waals surface area contributed by atoms with Gasteiger partial charge in [0.1, 0.15) is 73.2 Å². The molecule has 3 heterocycles. The summed E-state index contributed by atoms with van der Waals surface area (Å²) in [5.41, 5.74) is 0. The minimum atomic E-state index is -1.97. The minimum absolute atomic E-state index is 0.239. The van der Waals surface area contributed by atoms with Crippen LogP contribution in [0, 0.1) is 0 Å². The molecule has 0 saturated carbocycles. The van der Waals surface area contributed by atoms with Crippen LogP contribution in [0.15, 0.2) is 0 Å². The molecule has 17 unspecified atom stereocenters. The van der Waals surface area contributed by atoms with Gasteiger partial charge in [0.25, 0.3) is 0 Å². The van der Waals surface area contributed by atoms with Crippen LogP contribution in [0.3, 0.4) is 0 Å². The quantitative estimate of drug-likeness (QED) is 0.0348. The molecule has 3 aliphatic heterocycles. The van der Waals surface area contributed by atoms with E-state index in [1.165, 1.54) is 148 Å². The highest BCUT2D eigenvalue weighted by Gasteiger charge is 2.53. The predicted molar refractivity (Wildman–Crippen MR) is 287 cm³/mol. The van der Waals surface area contributed by atoms with Crippen LogP contribution in [-0.4, -0.2) is 193 Å². The Kier molecular flexibility index (Phi) is 37.9. The lowest BCUT2D eigenvalue weighted by Gasteiger charge is -2.48. The van der Waals surface area contributed by atoms with Gasteiger partial charge in [-0.3, -0.25) is 4.79 Å². The summed E-state index contributed by atoms with van der Waals surface area (Å²) in [5, 5.41) is 120. The van der Waals surface area contributed by atoms with Crippen molar-refractivity contribution in [2.45, 2.75) is 330 Å². The summed E-state index contributed by atoms with van der Waals surface area (Å²) in [6.07, 6.45) is 11.9. The maximum absolute atomic E-state index is 13.3. The molecular formula is C57H109NO18. The number of rotatable bonds is 45. The first-order chi connectivity index (χ1) is 36.8. The summed E-state index contributed by atoms with van der Waals surface area (Å²) in [7, 11) is 0. The third-order valence-electron chi connectivity index (χ3n) is 15.7. The topological polar surface area (TPSA) is 307 Å². The van der Waals surface area contributed by atoms with Gasteiger partial charge in [0.2, 0.25) is 5.91 Å². The second kappa shape index (κ2) is 41.7. The van der Waals surface area contributed by atoms with Crippen molar-refractivity contribution in [1.82, 2.24) is 5.32 Å². The highest BCUT2D eigenvalue weighted by molar-refractivity contribution is 5.76. The normalized spacial score (nSPS) is 30.9. The fourth-order valence-electron chi connectivity index (χ4n) is 10.7. The Balaban J connectivity index is 1.47. The first-order valence-electron chi connectivity index (χ1n) is 30.3. The third kappa shape index (κ3) is 25.7. The highest BCUT2D eigenvalue weighted by Crippen LogP contribution is 2.33. The van der Waals surface area contributed by atoms with Gasteiger partial charge < -0.3 is 89.9 Å². The van der Waals surface area contributed by atoms with Crippen LogP contribution in [0.4, 0.5) is 0 Å². The number of hydrogen-bond acceptors (Lipinski definition) is 18. The summed E-state index contributed by atoms with van der Waals surface area (Å²) in [4.78, 5) is 13.3. The van der Waals surface area contributed by atoms with Crippen molar-refractivity contribution in [3.63, 3.8) is 0 Å². The van der Waals surface area contributed by atoms with Gasteiger partial charge in [0, 0.05) is 6.42 Å². The van der Waals surface area contributed by atoms with Crippen molar-refractivity contribution in [2.24, 2.45) is 0 Å². The van der Waals surface area contributed by atoms with Gasteiger partial charge in [-0.1, -0.05) is 206 Å². The fraction of sp³-hybridized carbons (Fsp3) is 0.982. The van der Waals surface area contributed by atoms with Gasteiger partial charge in [-0.2, -0.15) is 0 Å². The summed E-state index contributed by atoms with van der Waals surface area (Å²) in [5.74, 6) is -0.239. The summed E-state index contributed by atoms with van der Waals surface area (Å²) in [6, 6.07) is -0.879. The summed E-state index contributed by atoms with van der Waals surface area (Å²) < 4.78 is 34.3. The molecule has 3 rings (SSSR count). The van der Waals surface area contributed by atoms with Crippen molar-refractivity contribution in [1.29, 1.82) is 0 Å². The van der Waals surface area contributed by atoms with Gasteiger partial charge in [-0.15, -0.1) is 0 Å². The lowest BCUT2D eigenvalue weighted by atomic mass is 9.96. The van der Waals surface area contributed by atoms with E-state index in [2.05, 4.69) is 19.2 Å². The van der Waals surface area contributed by atoms with Crippen LogP contribution < -0.4 is 5.32 Å². The van der Waals surface area contributed by atoms with Gasteiger partial charge in [0.05, 0.1) is 38.6 Å². The lowest BCUT2D eigenvalue weighted by Crippen LogP contribution is -2.66. The Hall–Kier alpha value is -1.21. The monoisotopic (exact) mass is 1100 g/mol. The van der Waals surface area contributed by atoms with Gasteiger partial charge >= 0.3 is 0 Å². The molecule has 3 fully saturated rings. The van der Waals surface area contributed by atoms with Crippen molar-refractivity contribution in [2.75, 3.05) is 26.4 Å². The molecule has 17 atom stereocenters. The zero-order chi connectivity index (χ0) is 55.5. The van der Waals surface area contributed by atoms with E-state index in [1.807, 2.05) is 0 Å².